The number of hydrogen-bond donors (Lipinski definition) is 1. The lowest BCUT2D eigenvalue weighted by atomic mass is 10.1. The number of thioether (sulfide) groups is 1. The van der Waals surface area contributed by atoms with Crippen LogP contribution in [0.5, 0.6) is 11.5 Å². The van der Waals surface area contributed by atoms with Gasteiger partial charge in [-0.3, -0.25) is 15.0 Å². The van der Waals surface area contributed by atoms with Crippen LogP contribution < -0.4 is 14.9 Å². The van der Waals surface area contributed by atoms with E-state index in [4.69, 9.17) is 56.5 Å². The molecule has 0 aliphatic carbocycles. The lowest BCUT2D eigenvalue weighted by Crippen LogP contribution is -2.44. The second kappa shape index (κ2) is 12.2. The van der Waals surface area contributed by atoms with E-state index in [1.54, 1.807) is 66.7 Å². The average molecular weight is 594 g/mol. The van der Waals surface area contributed by atoms with Crippen LogP contribution in [0.15, 0.2) is 65.6 Å². The predicted molar refractivity (Wildman–Crippen MR) is 152 cm³/mol. The molecule has 0 aromatic heterocycles. The maximum atomic E-state index is 13.0. The molecule has 1 fully saturated rings. The van der Waals surface area contributed by atoms with E-state index in [-0.39, 0.29) is 10.9 Å². The molecule has 0 radical (unpaired) electrons. The molecule has 0 atom stereocenters. The lowest BCUT2D eigenvalue weighted by Gasteiger charge is -2.15. The van der Waals surface area contributed by atoms with Crippen molar-refractivity contribution < 1.29 is 19.1 Å². The summed E-state index contributed by atoms with van der Waals surface area (Å²) in [6.45, 7) is 2.50. The molecule has 11 heteroatoms. The van der Waals surface area contributed by atoms with Crippen LogP contribution in [0.1, 0.15) is 28.4 Å². The number of benzene rings is 3. The second-order valence-corrected chi connectivity index (χ2v) is 10.6. The third-order valence-electron chi connectivity index (χ3n) is 5.08. The Labute approximate surface area is 238 Å². The smallest absolute Gasteiger partial charge is 0.285 e. The van der Waals surface area contributed by atoms with E-state index in [1.807, 2.05) is 6.92 Å². The molecule has 0 unspecified atom stereocenters. The highest BCUT2D eigenvalue weighted by Crippen LogP contribution is 2.35. The highest BCUT2D eigenvalue weighted by Gasteiger charge is 2.33. The van der Waals surface area contributed by atoms with Gasteiger partial charge in [0.2, 0.25) is 0 Å². The van der Waals surface area contributed by atoms with Gasteiger partial charge in [-0.05, 0) is 79.3 Å². The van der Waals surface area contributed by atoms with E-state index in [1.165, 1.54) is 0 Å². The molecule has 37 heavy (non-hydrogen) atoms. The number of thiocarbonyl (C=S) groups is 1. The summed E-state index contributed by atoms with van der Waals surface area (Å²) in [4.78, 5) is 25.9. The number of hydrazine groups is 1. The van der Waals surface area contributed by atoms with Crippen LogP contribution in [0, 0.1) is 0 Å². The molecule has 1 N–H and O–H groups in total. The van der Waals surface area contributed by atoms with E-state index in [0.29, 0.717) is 49.2 Å². The fourth-order valence-electron chi connectivity index (χ4n) is 3.28. The summed E-state index contributed by atoms with van der Waals surface area (Å²) < 4.78 is 11.9. The lowest BCUT2D eigenvalue weighted by molar-refractivity contribution is -0.123. The van der Waals surface area contributed by atoms with Gasteiger partial charge in [0.05, 0.1) is 11.5 Å². The summed E-state index contributed by atoms with van der Waals surface area (Å²) in [6, 6.07) is 16.8. The largest absolute Gasteiger partial charge is 0.490 e. The van der Waals surface area contributed by atoms with Gasteiger partial charge in [0, 0.05) is 26.2 Å². The fourth-order valence-corrected chi connectivity index (χ4v) is 5.05. The van der Waals surface area contributed by atoms with Crippen LogP contribution in [0.3, 0.4) is 0 Å². The highest BCUT2D eigenvalue weighted by molar-refractivity contribution is 8.26. The summed E-state index contributed by atoms with van der Waals surface area (Å²) in [5.41, 5.74) is 4.37. The molecule has 1 aliphatic heterocycles. The molecule has 1 heterocycles. The summed E-state index contributed by atoms with van der Waals surface area (Å²) in [5.74, 6) is 0.115. The van der Waals surface area contributed by atoms with Crippen LogP contribution in [0.25, 0.3) is 6.08 Å². The highest BCUT2D eigenvalue weighted by atomic mass is 35.5. The van der Waals surface area contributed by atoms with Crippen molar-refractivity contribution in [3.05, 3.63) is 97.3 Å². The Morgan fingerprint density at radius 3 is 2.43 bits per heavy atom. The number of carbonyl (C=O) groups is 2. The minimum Gasteiger partial charge on any atom is -0.490 e. The Hall–Kier alpha value is -2.75. The minimum absolute atomic E-state index is 0.211. The normalized spacial score (nSPS) is 14.3. The number of nitrogens with one attached hydrogen (secondary N) is 1. The van der Waals surface area contributed by atoms with Crippen molar-refractivity contribution in [2.75, 3.05) is 6.61 Å². The van der Waals surface area contributed by atoms with Gasteiger partial charge in [-0.2, -0.15) is 5.01 Å². The van der Waals surface area contributed by atoms with Crippen molar-refractivity contribution in [2.24, 2.45) is 0 Å². The third-order valence-corrected chi connectivity index (χ3v) is 7.22. The van der Waals surface area contributed by atoms with Crippen molar-refractivity contribution in [3.63, 3.8) is 0 Å². The Morgan fingerprint density at radius 1 is 1.00 bits per heavy atom. The van der Waals surface area contributed by atoms with Crippen molar-refractivity contribution in [1.29, 1.82) is 0 Å². The number of carbonyl (C=O) groups excluding carboxylic acids is 2. The van der Waals surface area contributed by atoms with Crippen LogP contribution >= 0.6 is 58.8 Å². The van der Waals surface area contributed by atoms with Gasteiger partial charge < -0.3 is 9.47 Å². The summed E-state index contributed by atoms with van der Waals surface area (Å²) in [5, 5.41) is 2.61. The maximum Gasteiger partial charge on any atom is 0.285 e. The zero-order valence-corrected chi connectivity index (χ0v) is 23.2. The minimum atomic E-state index is -0.477. The maximum absolute atomic E-state index is 13.0. The van der Waals surface area contributed by atoms with Crippen LogP contribution in [-0.2, 0) is 11.4 Å². The Kier molecular flexibility index (Phi) is 9.00. The Bertz CT molecular complexity index is 1400. The van der Waals surface area contributed by atoms with E-state index >= 15 is 0 Å². The number of halogens is 3. The molecule has 4 rings (SSSR count). The molecule has 190 valence electrons. The standard InChI is InChI=1S/C26H19Cl3N2O4S2/c1-2-34-22-11-15(3-10-21(22)35-14-17-6-9-19(28)13-20(17)29)12-23-25(33)31(26(36)37-23)30-24(32)16-4-7-18(27)8-5-16/h3-13H,2,14H2,1H3,(H,30,32)/b23-12-. The van der Waals surface area contributed by atoms with Gasteiger partial charge in [-0.25, -0.2) is 0 Å². The van der Waals surface area contributed by atoms with Gasteiger partial charge in [-0.15, -0.1) is 0 Å². The van der Waals surface area contributed by atoms with Gasteiger partial charge in [0.25, 0.3) is 11.8 Å². The molecule has 1 saturated heterocycles. The molecule has 1 aliphatic rings. The molecule has 0 bridgehead atoms. The summed E-state index contributed by atoms with van der Waals surface area (Å²) >= 11 is 24.5. The SMILES string of the molecule is CCOc1cc(/C=C2\SC(=S)N(NC(=O)c3ccc(Cl)cc3)C2=O)ccc1OCc1ccc(Cl)cc1Cl. The molecule has 3 aromatic rings. The summed E-state index contributed by atoms with van der Waals surface area (Å²) in [7, 11) is 0. The molecule has 0 spiro atoms. The molecular formula is C26H19Cl3N2O4S2. The van der Waals surface area contributed by atoms with E-state index in [9.17, 15) is 9.59 Å². The van der Waals surface area contributed by atoms with Crippen molar-refractivity contribution in [2.45, 2.75) is 13.5 Å². The number of ether oxygens (including phenoxy) is 2. The van der Waals surface area contributed by atoms with E-state index < -0.39 is 11.8 Å². The Balaban J connectivity index is 1.49. The van der Waals surface area contributed by atoms with Crippen LogP contribution in [-0.4, -0.2) is 27.8 Å². The van der Waals surface area contributed by atoms with Crippen molar-refractivity contribution >= 4 is 81.0 Å². The predicted octanol–water partition coefficient (Wildman–Crippen LogP) is 7.17. The second-order valence-electron chi connectivity index (χ2n) is 7.63. The van der Waals surface area contributed by atoms with Crippen LogP contribution in [0.2, 0.25) is 15.1 Å². The topological polar surface area (TPSA) is 67.9 Å². The van der Waals surface area contributed by atoms with Gasteiger partial charge in [-0.1, -0.05) is 58.7 Å². The zero-order valence-electron chi connectivity index (χ0n) is 19.3. The first-order valence-electron chi connectivity index (χ1n) is 10.9. The van der Waals surface area contributed by atoms with Gasteiger partial charge >= 0.3 is 0 Å². The van der Waals surface area contributed by atoms with Crippen LogP contribution in [0.4, 0.5) is 0 Å². The summed E-state index contributed by atoms with van der Waals surface area (Å²) in [6.07, 6.45) is 1.68. The Morgan fingerprint density at radius 2 is 1.73 bits per heavy atom. The fraction of sp³-hybridized carbons (Fsp3) is 0.115. The van der Waals surface area contributed by atoms with Crippen molar-refractivity contribution in [3.8, 4) is 11.5 Å². The molecule has 3 aromatic carbocycles. The molecule has 6 nitrogen and oxygen atoms in total. The third kappa shape index (κ3) is 6.77. The first-order chi connectivity index (χ1) is 17.7. The zero-order chi connectivity index (χ0) is 26.5. The van der Waals surface area contributed by atoms with Crippen molar-refractivity contribution in [1.82, 2.24) is 10.4 Å². The van der Waals surface area contributed by atoms with E-state index in [2.05, 4.69) is 5.43 Å². The quantitative estimate of drug-likeness (QED) is 0.221. The van der Waals surface area contributed by atoms with Gasteiger partial charge in [0.1, 0.15) is 6.61 Å². The molecule has 0 saturated carbocycles. The molecular weight excluding hydrogens is 575 g/mol. The average Bonchev–Trinajstić information content (AvgIpc) is 3.12. The van der Waals surface area contributed by atoms with Gasteiger partial charge in [0.15, 0.2) is 15.8 Å². The number of rotatable bonds is 8. The first kappa shape index (κ1) is 27.3. The molecule has 2 amide bonds. The van der Waals surface area contributed by atoms with E-state index in [0.717, 1.165) is 22.3 Å². The number of amides is 2. The number of nitrogens with zero attached hydrogens (tertiary/aromatic N) is 1. The number of hydrogen-bond acceptors (Lipinski definition) is 6. The monoisotopic (exact) mass is 592 g/mol. The first-order valence-corrected chi connectivity index (χ1v) is 13.3.